The molecule has 0 amide bonds. The van der Waals surface area contributed by atoms with Crippen molar-refractivity contribution in [1.82, 2.24) is 10.4 Å². The van der Waals surface area contributed by atoms with Gasteiger partial charge in [0, 0.05) is 11.9 Å². The van der Waals surface area contributed by atoms with Crippen LogP contribution in [-0.4, -0.2) is 32.8 Å². The quantitative estimate of drug-likeness (QED) is 0.733. The summed E-state index contributed by atoms with van der Waals surface area (Å²) in [4.78, 5) is 26.6. The van der Waals surface area contributed by atoms with Crippen LogP contribution in [0.1, 0.15) is 18.5 Å². The van der Waals surface area contributed by atoms with Gasteiger partial charge in [-0.3, -0.25) is 10.4 Å². The van der Waals surface area contributed by atoms with Crippen molar-refractivity contribution in [2.45, 2.75) is 12.8 Å². The first-order chi connectivity index (χ1) is 9.02. The molecule has 7 nitrogen and oxygen atoms in total. The Bertz CT molecular complexity index is 592. The van der Waals surface area contributed by atoms with Gasteiger partial charge in [0.1, 0.15) is 0 Å². The van der Waals surface area contributed by atoms with Crippen molar-refractivity contribution < 1.29 is 19.8 Å². The molecule has 0 aliphatic carbocycles. The number of nitrogens with one attached hydrogen (secondary N) is 1. The van der Waals surface area contributed by atoms with Crippen LogP contribution in [0.25, 0.3) is 0 Å². The highest BCUT2D eigenvalue weighted by Crippen LogP contribution is 2.29. The standard InChI is InChI=1S/C12H11N3O4/c1-6-8(11(16)17)9(7-4-2-3-5-13-7)10(12(18)19)15-14-6/h2-5,9,14H,1H3,(H,16,17)(H,18,19). The minimum atomic E-state index is -1.28. The van der Waals surface area contributed by atoms with Gasteiger partial charge in [-0.25, -0.2) is 9.59 Å². The fourth-order valence-electron chi connectivity index (χ4n) is 1.91. The Morgan fingerprint density at radius 1 is 1.26 bits per heavy atom. The molecule has 2 heterocycles. The number of hydrazone groups is 1. The van der Waals surface area contributed by atoms with Crippen LogP contribution in [0.3, 0.4) is 0 Å². The van der Waals surface area contributed by atoms with Gasteiger partial charge in [0.25, 0.3) is 0 Å². The summed E-state index contributed by atoms with van der Waals surface area (Å²) in [6.45, 7) is 1.53. The SMILES string of the molecule is CC1=C(C(=O)O)C(c2ccccn2)C(C(=O)O)=NN1. The molecule has 1 aromatic heterocycles. The van der Waals surface area contributed by atoms with Crippen molar-refractivity contribution >= 4 is 17.7 Å². The Kier molecular flexibility index (Phi) is 3.28. The van der Waals surface area contributed by atoms with E-state index >= 15 is 0 Å². The zero-order valence-corrected chi connectivity index (χ0v) is 9.99. The molecule has 1 aliphatic rings. The van der Waals surface area contributed by atoms with E-state index in [9.17, 15) is 14.7 Å². The number of hydrogen-bond acceptors (Lipinski definition) is 5. The molecule has 1 unspecified atom stereocenters. The second-order valence-corrected chi connectivity index (χ2v) is 3.95. The first kappa shape index (κ1) is 12.7. The lowest BCUT2D eigenvalue weighted by atomic mass is 9.88. The molecular formula is C12H11N3O4. The van der Waals surface area contributed by atoms with Gasteiger partial charge in [-0.05, 0) is 19.1 Å². The minimum absolute atomic E-state index is 0.0638. The summed E-state index contributed by atoms with van der Waals surface area (Å²) in [6, 6.07) is 4.91. The third kappa shape index (κ3) is 2.30. The number of carbonyl (C=O) groups is 2. The Balaban J connectivity index is 2.59. The molecule has 0 bridgehead atoms. The van der Waals surface area contributed by atoms with Gasteiger partial charge >= 0.3 is 11.9 Å². The molecule has 1 aliphatic heterocycles. The van der Waals surface area contributed by atoms with E-state index in [0.29, 0.717) is 11.4 Å². The highest BCUT2D eigenvalue weighted by Gasteiger charge is 2.36. The number of aliphatic carboxylic acids is 2. The number of nitrogens with zero attached hydrogens (tertiary/aromatic N) is 2. The second-order valence-electron chi connectivity index (χ2n) is 3.95. The van der Waals surface area contributed by atoms with Crippen LogP contribution in [0.2, 0.25) is 0 Å². The third-order valence-electron chi connectivity index (χ3n) is 2.74. The molecule has 3 N–H and O–H groups in total. The van der Waals surface area contributed by atoms with E-state index < -0.39 is 17.9 Å². The molecule has 0 aromatic carbocycles. The molecule has 0 radical (unpaired) electrons. The lowest BCUT2D eigenvalue weighted by Crippen LogP contribution is -2.34. The largest absolute Gasteiger partial charge is 0.478 e. The molecule has 0 saturated heterocycles. The summed E-state index contributed by atoms with van der Waals surface area (Å²) < 4.78 is 0. The fourth-order valence-corrected chi connectivity index (χ4v) is 1.91. The van der Waals surface area contributed by atoms with E-state index in [1.54, 1.807) is 18.2 Å². The number of carboxylic acids is 2. The Morgan fingerprint density at radius 2 is 2.00 bits per heavy atom. The summed E-state index contributed by atoms with van der Waals surface area (Å²) in [5, 5.41) is 22.1. The zero-order chi connectivity index (χ0) is 14.0. The maximum atomic E-state index is 11.3. The third-order valence-corrected chi connectivity index (χ3v) is 2.74. The lowest BCUT2D eigenvalue weighted by molar-refractivity contribution is -0.132. The second kappa shape index (κ2) is 4.89. The predicted molar refractivity (Wildman–Crippen MR) is 65.5 cm³/mol. The van der Waals surface area contributed by atoms with E-state index in [2.05, 4.69) is 15.5 Å². The first-order valence-corrected chi connectivity index (χ1v) is 5.44. The highest BCUT2D eigenvalue weighted by molar-refractivity contribution is 6.39. The molecule has 0 saturated carbocycles. The molecule has 0 fully saturated rings. The molecule has 2 rings (SSSR count). The Hall–Kier alpha value is -2.70. The van der Waals surface area contributed by atoms with Crippen molar-refractivity contribution in [3.05, 3.63) is 41.4 Å². The minimum Gasteiger partial charge on any atom is -0.478 e. The molecule has 0 spiro atoms. The van der Waals surface area contributed by atoms with Crippen LogP contribution in [0.4, 0.5) is 0 Å². The number of carboxylic acid groups (broad SMARTS) is 2. The van der Waals surface area contributed by atoms with Gasteiger partial charge in [-0.15, -0.1) is 0 Å². The molecule has 7 heteroatoms. The highest BCUT2D eigenvalue weighted by atomic mass is 16.4. The fraction of sp³-hybridized carbons (Fsp3) is 0.167. The average molecular weight is 261 g/mol. The van der Waals surface area contributed by atoms with Gasteiger partial charge in [0.15, 0.2) is 5.71 Å². The van der Waals surface area contributed by atoms with Gasteiger partial charge in [-0.1, -0.05) is 6.07 Å². The van der Waals surface area contributed by atoms with Gasteiger partial charge < -0.3 is 10.2 Å². The molecule has 1 aromatic rings. The summed E-state index contributed by atoms with van der Waals surface area (Å²) in [6.07, 6.45) is 1.48. The van der Waals surface area contributed by atoms with Gasteiger partial charge in [-0.2, -0.15) is 5.10 Å². The van der Waals surface area contributed by atoms with Crippen LogP contribution >= 0.6 is 0 Å². The Labute approximate surface area is 108 Å². The van der Waals surface area contributed by atoms with Crippen LogP contribution in [0, 0.1) is 0 Å². The topological polar surface area (TPSA) is 112 Å². The first-order valence-electron chi connectivity index (χ1n) is 5.44. The normalized spacial score (nSPS) is 18.6. The van der Waals surface area contributed by atoms with Gasteiger partial charge in [0.2, 0.25) is 0 Å². The van der Waals surface area contributed by atoms with Crippen LogP contribution in [0.5, 0.6) is 0 Å². The van der Waals surface area contributed by atoms with Crippen molar-refractivity contribution in [1.29, 1.82) is 0 Å². The number of hydrogen-bond donors (Lipinski definition) is 3. The lowest BCUT2D eigenvalue weighted by Gasteiger charge is -2.23. The van der Waals surface area contributed by atoms with Crippen LogP contribution in [-0.2, 0) is 9.59 Å². The maximum absolute atomic E-state index is 11.3. The molecular weight excluding hydrogens is 250 g/mol. The molecule has 19 heavy (non-hydrogen) atoms. The zero-order valence-electron chi connectivity index (χ0n) is 9.99. The number of pyridine rings is 1. The maximum Gasteiger partial charge on any atom is 0.353 e. The Morgan fingerprint density at radius 3 is 2.53 bits per heavy atom. The van der Waals surface area contributed by atoms with Crippen LogP contribution < -0.4 is 5.43 Å². The van der Waals surface area contributed by atoms with E-state index in [1.165, 1.54) is 13.1 Å². The van der Waals surface area contributed by atoms with Crippen molar-refractivity contribution in [2.75, 3.05) is 0 Å². The summed E-state index contributed by atoms with van der Waals surface area (Å²) >= 11 is 0. The van der Waals surface area contributed by atoms with Crippen molar-refractivity contribution in [3.63, 3.8) is 0 Å². The van der Waals surface area contributed by atoms with E-state index in [-0.39, 0.29) is 11.3 Å². The predicted octanol–water partition coefficient (Wildman–Crippen LogP) is 0.568. The summed E-state index contributed by atoms with van der Waals surface area (Å²) in [7, 11) is 0. The van der Waals surface area contributed by atoms with E-state index in [4.69, 9.17) is 5.11 Å². The van der Waals surface area contributed by atoms with E-state index in [1.807, 2.05) is 0 Å². The molecule has 98 valence electrons. The number of aromatic nitrogens is 1. The smallest absolute Gasteiger partial charge is 0.353 e. The van der Waals surface area contributed by atoms with Crippen molar-refractivity contribution in [3.8, 4) is 0 Å². The monoisotopic (exact) mass is 261 g/mol. The number of allylic oxidation sites excluding steroid dienone is 1. The summed E-state index contributed by atoms with van der Waals surface area (Å²) in [5.74, 6) is -3.47. The van der Waals surface area contributed by atoms with Crippen LogP contribution in [0.15, 0.2) is 40.8 Å². The van der Waals surface area contributed by atoms with Crippen molar-refractivity contribution in [2.24, 2.45) is 5.10 Å². The molecule has 1 atom stereocenters. The average Bonchev–Trinajstić information content (AvgIpc) is 2.38. The number of rotatable bonds is 3. The van der Waals surface area contributed by atoms with Gasteiger partial charge in [0.05, 0.1) is 17.2 Å². The van der Waals surface area contributed by atoms with E-state index in [0.717, 1.165) is 0 Å². The summed E-state index contributed by atoms with van der Waals surface area (Å²) in [5.41, 5.74) is 2.70.